The first-order chi connectivity index (χ1) is 11.5. The summed E-state index contributed by atoms with van der Waals surface area (Å²) in [4.78, 5) is 37.0. The first-order valence-corrected chi connectivity index (χ1v) is 7.87. The Kier molecular flexibility index (Phi) is 5.51. The maximum absolute atomic E-state index is 12.5. The van der Waals surface area contributed by atoms with E-state index in [9.17, 15) is 14.4 Å². The van der Waals surface area contributed by atoms with Crippen molar-refractivity contribution >= 4 is 17.7 Å². The third-order valence-corrected chi connectivity index (χ3v) is 3.79. The van der Waals surface area contributed by atoms with Crippen molar-refractivity contribution < 1.29 is 23.9 Å². The minimum Gasteiger partial charge on any atom is -0.464 e. The fraction of sp³-hybridized carbons (Fsp3) is 0.389. The maximum Gasteiger partial charge on any atom is 0.342 e. The van der Waals surface area contributed by atoms with Gasteiger partial charge in [0.1, 0.15) is 0 Å². The predicted octanol–water partition coefficient (Wildman–Crippen LogP) is 1.71. The van der Waals surface area contributed by atoms with Gasteiger partial charge < -0.3 is 9.47 Å². The van der Waals surface area contributed by atoms with E-state index in [1.807, 2.05) is 30.3 Å². The van der Waals surface area contributed by atoms with Gasteiger partial charge in [-0.3, -0.25) is 10.1 Å². The van der Waals surface area contributed by atoms with E-state index in [0.29, 0.717) is 5.57 Å². The van der Waals surface area contributed by atoms with Crippen LogP contribution in [0.1, 0.15) is 32.4 Å². The molecule has 0 amide bonds. The predicted molar refractivity (Wildman–Crippen MR) is 87.1 cm³/mol. The lowest BCUT2D eigenvalue weighted by Crippen LogP contribution is -2.56. The molecule has 0 fully saturated rings. The summed E-state index contributed by atoms with van der Waals surface area (Å²) in [6.45, 7) is 4.92. The second-order valence-electron chi connectivity index (χ2n) is 5.39. The van der Waals surface area contributed by atoms with E-state index >= 15 is 0 Å². The molecular formula is C18H21NO5. The molecule has 1 N–H and O–H groups in total. The van der Waals surface area contributed by atoms with Crippen LogP contribution in [0.4, 0.5) is 0 Å². The number of hydrogen-bond donors (Lipinski definition) is 1. The molecule has 1 aromatic carbocycles. The van der Waals surface area contributed by atoms with Crippen molar-refractivity contribution in [2.45, 2.75) is 32.4 Å². The van der Waals surface area contributed by atoms with E-state index in [-0.39, 0.29) is 19.0 Å². The standard InChI is InChI=1S/C18H21NO5/c1-4-23-16(21)18(17(22)24-5-2)11-14(12(3)20)15(19-18)13-9-7-6-8-10-13/h6-11,15,19H,4-5H2,1-3H3/t15-/m1/s1. The summed E-state index contributed by atoms with van der Waals surface area (Å²) in [6.07, 6.45) is 1.34. The van der Waals surface area contributed by atoms with Crippen LogP contribution >= 0.6 is 0 Å². The molecule has 0 saturated heterocycles. The Hall–Kier alpha value is -2.47. The number of ketones is 1. The van der Waals surface area contributed by atoms with Gasteiger partial charge >= 0.3 is 11.9 Å². The average Bonchev–Trinajstić information content (AvgIpc) is 2.98. The zero-order chi connectivity index (χ0) is 17.7. The van der Waals surface area contributed by atoms with Gasteiger partial charge in [-0.25, -0.2) is 9.59 Å². The zero-order valence-electron chi connectivity index (χ0n) is 14.0. The lowest BCUT2D eigenvalue weighted by atomic mass is 9.97. The molecule has 6 nitrogen and oxygen atoms in total. The Balaban J connectivity index is 2.51. The van der Waals surface area contributed by atoms with Crippen LogP contribution in [0, 0.1) is 0 Å². The Morgan fingerprint density at radius 3 is 2.04 bits per heavy atom. The topological polar surface area (TPSA) is 81.7 Å². The quantitative estimate of drug-likeness (QED) is 0.631. The van der Waals surface area contributed by atoms with Gasteiger partial charge in [-0.1, -0.05) is 30.3 Å². The molecule has 0 aliphatic carbocycles. The molecule has 0 bridgehead atoms. The fourth-order valence-electron chi connectivity index (χ4n) is 2.69. The molecule has 6 heteroatoms. The van der Waals surface area contributed by atoms with Crippen LogP contribution in [0.5, 0.6) is 0 Å². The molecule has 2 rings (SSSR count). The smallest absolute Gasteiger partial charge is 0.342 e. The highest BCUT2D eigenvalue weighted by atomic mass is 16.6. The van der Waals surface area contributed by atoms with Crippen molar-refractivity contribution in [3.8, 4) is 0 Å². The minimum absolute atomic E-state index is 0.112. The number of hydrogen-bond acceptors (Lipinski definition) is 6. The first kappa shape index (κ1) is 17.9. The Bertz CT molecular complexity index is 647. The lowest BCUT2D eigenvalue weighted by Gasteiger charge is -2.25. The first-order valence-electron chi connectivity index (χ1n) is 7.87. The summed E-state index contributed by atoms with van der Waals surface area (Å²) in [5, 5.41) is 2.96. The molecule has 0 spiro atoms. The van der Waals surface area contributed by atoms with Crippen LogP contribution in [-0.2, 0) is 23.9 Å². The van der Waals surface area contributed by atoms with Gasteiger partial charge in [0.25, 0.3) is 0 Å². The number of nitrogens with one attached hydrogen (secondary N) is 1. The normalized spacial score (nSPS) is 18.6. The minimum atomic E-state index is -1.81. The molecule has 0 saturated carbocycles. The summed E-state index contributed by atoms with van der Waals surface area (Å²) < 4.78 is 10.1. The monoisotopic (exact) mass is 331 g/mol. The molecule has 1 aromatic rings. The van der Waals surface area contributed by atoms with Crippen LogP contribution in [0.25, 0.3) is 0 Å². The number of ether oxygens (including phenoxy) is 2. The molecule has 1 aliphatic rings. The molecule has 24 heavy (non-hydrogen) atoms. The number of esters is 2. The van der Waals surface area contributed by atoms with Crippen molar-refractivity contribution in [3.05, 3.63) is 47.5 Å². The SMILES string of the molecule is CCOC(=O)C1(C(=O)OCC)C=C(C(C)=O)[C@@H](c2ccccc2)N1. The fourth-order valence-corrected chi connectivity index (χ4v) is 2.69. The van der Waals surface area contributed by atoms with Crippen molar-refractivity contribution in [1.29, 1.82) is 0 Å². The lowest BCUT2D eigenvalue weighted by molar-refractivity contribution is -0.162. The number of carbonyl (C=O) groups excluding carboxylic acids is 3. The van der Waals surface area contributed by atoms with Gasteiger partial charge in [-0.15, -0.1) is 0 Å². The Labute approximate surface area is 140 Å². The van der Waals surface area contributed by atoms with Crippen molar-refractivity contribution in [2.75, 3.05) is 13.2 Å². The summed E-state index contributed by atoms with van der Waals surface area (Å²) in [7, 11) is 0. The van der Waals surface area contributed by atoms with Gasteiger partial charge in [0.05, 0.1) is 19.3 Å². The third-order valence-electron chi connectivity index (χ3n) is 3.79. The molecule has 128 valence electrons. The number of rotatable bonds is 6. The van der Waals surface area contributed by atoms with Gasteiger partial charge in [0.2, 0.25) is 5.54 Å². The highest BCUT2D eigenvalue weighted by Crippen LogP contribution is 2.35. The van der Waals surface area contributed by atoms with E-state index in [1.54, 1.807) is 13.8 Å². The van der Waals surface area contributed by atoms with Crippen LogP contribution in [-0.4, -0.2) is 36.5 Å². The van der Waals surface area contributed by atoms with Gasteiger partial charge in [0, 0.05) is 5.57 Å². The van der Waals surface area contributed by atoms with E-state index in [4.69, 9.17) is 9.47 Å². The Morgan fingerprint density at radius 1 is 1.04 bits per heavy atom. The molecule has 1 heterocycles. The third kappa shape index (κ3) is 3.23. The van der Waals surface area contributed by atoms with Gasteiger partial charge in [-0.2, -0.15) is 0 Å². The molecule has 1 atom stereocenters. The molecule has 0 aromatic heterocycles. The molecule has 0 unspecified atom stereocenters. The average molecular weight is 331 g/mol. The summed E-state index contributed by atoms with van der Waals surface area (Å²) in [5.41, 5.74) is -0.704. The molecular weight excluding hydrogens is 310 g/mol. The zero-order valence-corrected chi connectivity index (χ0v) is 14.0. The number of carbonyl (C=O) groups is 3. The summed E-state index contributed by atoms with van der Waals surface area (Å²) in [6, 6.07) is 8.55. The second-order valence-corrected chi connectivity index (χ2v) is 5.39. The largest absolute Gasteiger partial charge is 0.464 e. The van der Waals surface area contributed by atoms with E-state index in [0.717, 1.165) is 5.56 Å². The Morgan fingerprint density at radius 2 is 1.58 bits per heavy atom. The van der Waals surface area contributed by atoms with Crippen LogP contribution < -0.4 is 5.32 Å². The van der Waals surface area contributed by atoms with E-state index in [1.165, 1.54) is 13.0 Å². The van der Waals surface area contributed by atoms with Crippen LogP contribution in [0.3, 0.4) is 0 Å². The maximum atomic E-state index is 12.5. The van der Waals surface area contributed by atoms with Gasteiger partial charge in [0.15, 0.2) is 5.78 Å². The van der Waals surface area contributed by atoms with Crippen molar-refractivity contribution in [3.63, 3.8) is 0 Å². The van der Waals surface area contributed by atoms with Crippen molar-refractivity contribution in [2.24, 2.45) is 0 Å². The van der Waals surface area contributed by atoms with E-state index in [2.05, 4.69) is 5.32 Å². The van der Waals surface area contributed by atoms with Crippen LogP contribution in [0.2, 0.25) is 0 Å². The highest BCUT2D eigenvalue weighted by Gasteiger charge is 2.54. The summed E-state index contributed by atoms with van der Waals surface area (Å²) >= 11 is 0. The van der Waals surface area contributed by atoms with Crippen molar-refractivity contribution in [1.82, 2.24) is 5.32 Å². The molecule has 1 aliphatic heterocycles. The second kappa shape index (κ2) is 7.40. The number of benzene rings is 1. The number of Topliss-reactive ketones (excluding diaryl/α,β-unsaturated/α-hetero) is 1. The summed E-state index contributed by atoms with van der Waals surface area (Å²) in [5.74, 6) is -1.78. The van der Waals surface area contributed by atoms with Gasteiger partial charge in [-0.05, 0) is 32.4 Å². The highest BCUT2D eigenvalue weighted by molar-refractivity contribution is 6.11. The molecule has 0 radical (unpaired) electrons. The van der Waals surface area contributed by atoms with E-state index < -0.39 is 23.5 Å². The van der Waals surface area contributed by atoms with Crippen LogP contribution in [0.15, 0.2) is 42.0 Å².